The van der Waals surface area contributed by atoms with Crippen molar-refractivity contribution in [2.24, 2.45) is 4.99 Å². The van der Waals surface area contributed by atoms with Crippen LogP contribution in [-0.4, -0.2) is 17.7 Å². The highest BCUT2D eigenvalue weighted by molar-refractivity contribution is 8.18. The van der Waals surface area contributed by atoms with Crippen molar-refractivity contribution < 1.29 is 9.53 Å². The van der Waals surface area contributed by atoms with Gasteiger partial charge in [0, 0.05) is 11.4 Å². The van der Waals surface area contributed by atoms with Gasteiger partial charge in [0.1, 0.15) is 5.75 Å². The normalized spacial score (nSPS) is 16.5. The van der Waals surface area contributed by atoms with E-state index in [0.29, 0.717) is 16.7 Å². The minimum Gasteiger partial charge on any atom is -0.493 e. The smallest absolute Gasteiger partial charge is 0.264 e. The number of ether oxygens (including phenoxy) is 1. The summed E-state index contributed by atoms with van der Waals surface area (Å²) in [5, 5.41) is 12.1. The van der Waals surface area contributed by atoms with Crippen molar-refractivity contribution in [3.63, 3.8) is 0 Å². The van der Waals surface area contributed by atoms with Crippen LogP contribution in [0.2, 0.25) is 5.02 Å². The largest absolute Gasteiger partial charge is 0.493 e. The number of nitriles is 1. The lowest BCUT2D eigenvalue weighted by atomic mass is 10.1. The number of amides is 1. The van der Waals surface area contributed by atoms with E-state index in [2.05, 4.69) is 10.3 Å². The third-order valence-corrected chi connectivity index (χ3v) is 4.71. The molecule has 0 unspecified atom stereocenters. The van der Waals surface area contributed by atoms with E-state index in [1.807, 2.05) is 48.5 Å². The first kappa shape index (κ1) is 18.1. The number of carbonyl (C=O) groups excluding carboxylic acids is 1. The van der Waals surface area contributed by atoms with E-state index >= 15 is 0 Å². The number of benzene rings is 2. The number of nitrogens with one attached hydrogen (secondary N) is 1. The number of nitrogens with zero attached hydrogens (tertiary/aromatic N) is 2. The maximum atomic E-state index is 11.8. The van der Waals surface area contributed by atoms with Crippen LogP contribution >= 0.6 is 23.4 Å². The average Bonchev–Trinajstić information content (AvgIpc) is 2.98. The summed E-state index contributed by atoms with van der Waals surface area (Å²) in [6.45, 7) is 0.564. The van der Waals surface area contributed by atoms with Crippen LogP contribution in [0, 0.1) is 11.5 Å². The van der Waals surface area contributed by atoms with Gasteiger partial charge in [-0.1, -0.05) is 35.9 Å². The molecule has 0 bridgehead atoms. The second-order valence-corrected chi connectivity index (χ2v) is 6.84. The molecule has 1 heterocycles. The van der Waals surface area contributed by atoms with Crippen LogP contribution in [0.5, 0.6) is 5.75 Å². The van der Waals surface area contributed by atoms with Gasteiger partial charge in [-0.2, -0.15) is 5.26 Å². The lowest BCUT2D eigenvalue weighted by molar-refractivity contribution is -0.115. The van der Waals surface area contributed by atoms with Crippen LogP contribution in [0.1, 0.15) is 11.1 Å². The number of rotatable bonds is 5. The number of hydrogen-bond donors (Lipinski definition) is 1. The molecule has 2 aromatic rings. The predicted molar refractivity (Wildman–Crippen MR) is 104 cm³/mol. The molecule has 2 aromatic carbocycles. The zero-order chi connectivity index (χ0) is 18.4. The molecule has 5 nitrogen and oxygen atoms in total. The molecule has 1 fully saturated rings. The highest BCUT2D eigenvalue weighted by Gasteiger charge is 2.23. The van der Waals surface area contributed by atoms with E-state index < -0.39 is 0 Å². The van der Waals surface area contributed by atoms with Gasteiger partial charge < -0.3 is 4.74 Å². The number of halogens is 1. The molecule has 1 saturated heterocycles. The summed E-state index contributed by atoms with van der Waals surface area (Å²) >= 11 is 7.01. The van der Waals surface area contributed by atoms with Gasteiger partial charge in [-0.05, 0) is 53.2 Å². The molecule has 0 saturated carbocycles. The van der Waals surface area contributed by atoms with E-state index in [1.165, 1.54) is 0 Å². The number of hydrogen-bond acceptors (Lipinski definition) is 5. The Morgan fingerprint density at radius 3 is 2.62 bits per heavy atom. The van der Waals surface area contributed by atoms with Crippen LogP contribution in [0.25, 0.3) is 6.08 Å². The zero-order valence-corrected chi connectivity index (χ0v) is 15.2. The molecule has 26 heavy (non-hydrogen) atoms. The summed E-state index contributed by atoms with van der Waals surface area (Å²) in [6.07, 6.45) is 4.20. The van der Waals surface area contributed by atoms with Crippen molar-refractivity contribution in [2.45, 2.75) is 6.42 Å². The molecule has 0 atom stereocenters. The lowest BCUT2D eigenvalue weighted by Gasteiger charge is -2.07. The molecular formula is C19H14ClN3O2S. The monoisotopic (exact) mass is 383 g/mol. The lowest BCUT2D eigenvalue weighted by Crippen LogP contribution is -2.19. The summed E-state index contributed by atoms with van der Waals surface area (Å²) < 4.78 is 5.74. The molecule has 130 valence electrons. The van der Waals surface area contributed by atoms with Crippen molar-refractivity contribution in [3.05, 3.63) is 69.6 Å². The van der Waals surface area contributed by atoms with Crippen LogP contribution < -0.4 is 10.1 Å². The summed E-state index contributed by atoms with van der Waals surface area (Å²) in [6, 6.07) is 15.2. The second kappa shape index (κ2) is 8.56. The Bertz CT molecular complexity index is 900. The van der Waals surface area contributed by atoms with E-state index in [-0.39, 0.29) is 5.91 Å². The van der Waals surface area contributed by atoms with Gasteiger partial charge in [0.25, 0.3) is 5.91 Å². The predicted octanol–water partition coefficient (Wildman–Crippen LogP) is 4.00. The third kappa shape index (κ3) is 4.88. The maximum Gasteiger partial charge on any atom is 0.264 e. The van der Waals surface area contributed by atoms with Gasteiger partial charge in [-0.15, -0.1) is 4.99 Å². The SMILES string of the molecule is N#CN=C1NC(=O)C(=Cc2ccc(OCCc3ccc(Cl)cc3)cc2)S1. The Hall–Kier alpha value is -2.75. The fourth-order valence-electron chi connectivity index (χ4n) is 2.28. The quantitative estimate of drug-likeness (QED) is 0.625. The minimum absolute atomic E-state index is 0.257. The molecule has 0 radical (unpaired) electrons. The Kier molecular flexibility index (Phi) is 5.95. The average molecular weight is 384 g/mol. The molecule has 1 N–H and O–H groups in total. The van der Waals surface area contributed by atoms with E-state index in [0.717, 1.165) is 40.1 Å². The molecule has 1 aliphatic heterocycles. The zero-order valence-electron chi connectivity index (χ0n) is 13.6. The Morgan fingerprint density at radius 2 is 1.92 bits per heavy atom. The molecule has 0 aromatic heterocycles. The number of amidine groups is 1. The van der Waals surface area contributed by atoms with E-state index in [4.69, 9.17) is 21.6 Å². The van der Waals surface area contributed by atoms with Crippen LogP contribution in [0.4, 0.5) is 0 Å². The fourth-order valence-corrected chi connectivity index (χ4v) is 3.18. The highest BCUT2D eigenvalue weighted by atomic mass is 35.5. The van der Waals surface area contributed by atoms with Crippen molar-refractivity contribution in [3.8, 4) is 11.9 Å². The topological polar surface area (TPSA) is 74.5 Å². The Balaban J connectivity index is 1.56. The fraction of sp³-hybridized carbons (Fsp3) is 0.105. The molecular weight excluding hydrogens is 370 g/mol. The van der Waals surface area contributed by atoms with Crippen LogP contribution in [-0.2, 0) is 11.2 Å². The van der Waals surface area contributed by atoms with Crippen molar-refractivity contribution in [1.82, 2.24) is 5.32 Å². The summed E-state index contributed by atoms with van der Waals surface area (Å²) in [5.74, 6) is 0.503. The summed E-state index contributed by atoms with van der Waals surface area (Å²) in [5.41, 5.74) is 2.03. The van der Waals surface area contributed by atoms with Crippen LogP contribution in [0.3, 0.4) is 0 Å². The first-order valence-electron chi connectivity index (χ1n) is 7.79. The molecule has 0 aliphatic carbocycles. The standard InChI is InChI=1S/C19H14ClN3O2S/c20-15-5-1-13(2-6-15)9-10-25-16-7-3-14(4-8-16)11-17-18(24)23-19(26-17)22-12-21/h1-8,11H,9-10H2,(H,22,23,24). The molecule has 3 rings (SSSR count). The maximum absolute atomic E-state index is 11.8. The molecule has 0 spiro atoms. The third-order valence-electron chi connectivity index (χ3n) is 3.55. The number of thioether (sulfide) groups is 1. The van der Waals surface area contributed by atoms with Gasteiger partial charge in [0.05, 0.1) is 11.5 Å². The van der Waals surface area contributed by atoms with Gasteiger partial charge in [0.15, 0.2) is 5.17 Å². The first-order chi connectivity index (χ1) is 12.6. The number of aliphatic imine (C=N–C) groups is 1. The van der Waals surface area contributed by atoms with Gasteiger partial charge in [-0.3, -0.25) is 10.1 Å². The van der Waals surface area contributed by atoms with E-state index in [1.54, 1.807) is 12.3 Å². The molecule has 1 amide bonds. The molecule has 1 aliphatic rings. The minimum atomic E-state index is -0.257. The van der Waals surface area contributed by atoms with Crippen molar-refractivity contribution >= 4 is 40.5 Å². The van der Waals surface area contributed by atoms with E-state index in [9.17, 15) is 4.79 Å². The Morgan fingerprint density at radius 1 is 1.19 bits per heavy atom. The van der Waals surface area contributed by atoms with Crippen LogP contribution in [0.15, 0.2) is 58.4 Å². The van der Waals surface area contributed by atoms with Gasteiger partial charge in [-0.25, -0.2) is 0 Å². The highest BCUT2D eigenvalue weighted by Crippen LogP contribution is 2.26. The summed E-state index contributed by atoms with van der Waals surface area (Å²) in [4.78, 5) is 15.8. The number of carbonyl (C=O) groups is 1. The van der Waals surface area contributed by atoms with Gasteiger partial charge >= 0.3 is 0 Å². The summed E-state index contributed by atoms with van der Waals surface area (Å²) in [7, 11) is 0. The molecule has 7 heteroatoms. The van der Waals surface area contributed by atoms with Gasteiger partial charge in [0.2, 0.25) is 6.19 Å². The first-order valence-corrected chi connectivity index (χ1v) is 8.98. The van der Waals surface area contributed by atoms with Crippen molar-refractivity contribution in [2.75, 3.05) is 6.61 Å². The Labute approximate surface area is 160 Å². The van der Waals surface area contributed by atoms with Crippen molar-refractivity contribution in [1.29, 1.82) is 5.26 Å². The second-order valence-electron chi connectivity index (χ2n) is 5.38.